The van der Waals surface area contributed by atoms with Gasteiger partial charge in [0.1, 0.15) is 0 Å². The Balaban J connectivity index is 1.79. The van der Waals surface area contributed by atoms with Crippen LogP contribution in [0, 0.1) is 5.92 Å². The number of nitrogens with zero attached hydrogens (tertiary/aromatic N) is 1. The quantitative estimate of drug-likeness (QED) is 0.684. The third-order valence-electron chi connectivity index (χ3n) is 5.28. The van der Waals surface area contributed by atoms with Crippen LogP contribution < -0.4 is 15.5 Å². The predicted molar refractivity (Wildman–Crippen MR) is 124 cm³/mol. The molecule has 1 fully saturated rings. The highest BCUT2D eigenvalue weighted by atomic mass is 16.2. The summed E-state index contributed by atoms with van der Waals surface area (Å²) in [7, 11) is 0. The van der Waals surface area contributed by atoms with Gasteiger partial charge < -0.3 is 15.5 Å². The zero-order valence-corrected chi connectivity index (χ0v) is 18.0. The molecule has 1 aliphatic rings. The van der Waals surface area contributed by atoms with Crippen LogP contribution in [0.3, 0.4) is 0 Å². The van der Waals surface area contributed by atoms with Crippen molar-refractivity contribution in [2.24, 2.45) is 5.92 Å². The summed E-state index contributed by atoms with van der Waals surface area (Å²) >= 11 is 0. The lowest BCUT2D eigenvalue weighted by Crippen LogP contribution is -2.36. The van der Waals surface area contributed by atoms with Crippen LogP contribution in [0.25, 0.3) is 6.08 Å². The van der Waals surface area contributed by atoms with Gasteiger partial charge in [-0.15, -0.1) is 0 Å². The molecule has 0 bridgehead atoms. The highest BCUT2D eigenvalue weighted by molar-refractivity contribution is 6.05. The maximum atomic E-state index is 12.9. The van der Waals surface area contributed by atoms with Crippen LogP contribution in [-0.2, 0) is 4.79 Å². The van der Waals surface area contributed by atoms with Crippen LogP contribution in [0.4, 0.5) is 11.4 Å². The molecule has 0 aliphatic carbocycles. The highest BCUT2D eigenvalue weighted by Gasteiger charge is 2.22. The summed E-state index contributed by atoms with van der Waals surface area (Å²) in [5.74, 6) is 0.368. The number of nitrogens with one attached hydrogen (secondary N) is 2. The SMILES string of the molecule is CC1CCN(c2ccc(NC(=O)/C=C/c3ccccc3)cc2C(=O)NC(C)C)CC1. The molecule has 2 aromatic carbocycles. The largest absolute Gasteiger partial charge is 0.371 e. The second-order valence-corrected chi connectivity index (χ2v) is 8.26. The van der Waals surface area contributed by atoms with E-state index < -0.39 is 0 Å². The van der Waals surface area contributed by atoms with Crippen LogP contribution in [0.15, 0.2) is 54.6 Å². The van der Waals surface area contributed by atoms with Gasteiger partial charge in [0.25, 0.3) is 5.91 Å². The molecule has 30 heavy (non-hydrogen) atoms. The Morgan fingerprint density at radius 1 is 1.07 bits per heavy atom. The minimum Gasteiger partial charge on any atom is -0.371 e. The summed E-state index contributed by atoms with van der Waals surface area (Å²) in [5.41, 5.74) is 3.10. The molecule has 5 nitrogen and oxygen atoms in total. The average Bonchev–Trinajstić information content (AvgIpc) is 2.73. The number of anilines is 2. The van der Waals surface area contributed by atoms with E-state index in [1.165, 1.54) is 6.08 Å². The van der Waals surface area contributed by atoms with Crippen LogP contribution in [0.5, 0.6) is 0 Å². The van der Waals surface area contributed by atoms with Gasteiger partial charge in [-0.2, -0.15) is 0 Å². The monoisotopic (exact) mass is 405 g/mol. The molecule has 0 unspecified atom stereocenters. The average molecular weight is 406 g/mol. The van der Waals surface area contributed by atoms with Crippen LogP contribution in [0.2, 0.25) is 0 Å². The second-order valence-electron chi connectivity index (χ2n) is 8.26. The molecule has 1 aliphatic heterocycles. The lowest BCUT2D eigenvalue weighted by molar-refractivity contribution is -0.111. The number of carbonyl (C=O) groups is 2. The first-order valence-corrected chi connectivity index (χ1v) is 10.7. The van der Waals surface area contributed by atoms with Crippen molar-refractivity contribution in [3.05, 3.63) is 65.7 Å². The fraction of sp³-hybridized carbons (Fsp3) is 0.360. The first-order chi connectivity index (χ1) is 14.4. The predicted octanol–water partition coefficient (Wildman–Crippen LogP) is 4.71. The fourth-order valence-electron chi connectivity index (χ4n) is 3.58. The standard InChI is InChI=1S/C25H31N3O2/c1-18(2)26-25(30)22-17-21(10-11-23(22)28-15-13-19(3)14-16-28)27-24(29)12-9-20-7-5-4-6-8-20/h4-12,17-19H,13-16H2,1-3H3,(H,26,30)(H,27,29)/b12-9+. The molecule has 0 aromatic heterocycles. The molecule has 0 radical (unpaired) electrons. The summed E-state index contributed by atoms with van der Waals surface area (Å²) in [6.45, 7) is 8.04. The molecule has 0 spiro atoms. The summed E-state index contributed by atoms with van der Waals surface area (Å²) in [4.78, 5) is 27.5. The topological polar surface area (TPSA) is 61.4 Å². The third kappa shape index (κ3) is 5.96. The lowest BCUT2D eigenvalue weighted by Gasteiger charge is -2.33. The van der Waals surface area contributed by atoms with Crippen LogP contribution in [-0.4, -0.2) is 30.9 Å². The Labute approximate surface area is 179 Å². The number of benzene rings is 2. The van der Waals surface area contributed by atoms with Gasteiger partial charge in [-0.25, -0.2) is 0 Å². The number of carbonyl (C=O) groups excluding carboxylic acids is 2. The van der Waals surface area contributed by atoms with Crippen molar-refractivity contribution in [2.75, 3.05) is 23.3 Å². The van der Waals surface area contributed by atoms with E-state index in [1.807, 2.05) is 56.3 Å². The fourth-order valence-corrected chi connectivity index (χ4v) is 3.58. The van der Waals surface area contributed by atoms with E-state index in [9.17, 15) is 9.59 Å². The van der Waals surface area contributed by atoms with Crippen molar-refractivity contribution >= 4 is 29.3 Å². The normalized spacial score (nSPS) is 14.9. The molecular weight excluding hydrogens is 374 g/mol. The lowest BCUT2D eigenvalue weighted by atomic mass is 9.97. The van der Waals surface area contributed by atoms with Crippen LogP contribution >= 0.6 is 0 Å². The van der Waals surface area contributed by atoms with Gasteiger partial charge in [-0.3, -0.25) is 9.59 Å². The van der Waals surface area contributed by atoms with E-state index in [-0.39, 0.29) is 17.9 Å². The maximum Gasteiger partial charge on any atom is 0.253 e. The maximum absolute atomic E-state index is 12.9. The zero-order valence-electron chi connectivity index (χ0n) is 18.0. The number of hydrogen-bond donors (Lipinski definition) is 2. The highest BCUT2D eigenvalue weighted by Crippen LogP contribution is 2.29. The van der Waals surface area contributed by atoms with E-state index in [0.717, 1.165) is 37.2 Å². The number of piperidine rings is 1. The summed E-state index contributed by atoms with van der Waals surface area (Å²) in [5, 5.41) is 5.86. The van der Waals surface area contributed by atoms with Gasteiger partial charge in [-0.05, 0) is 62.4 Å². The third-order valence-corrected chi connectivity index (χ3v) is 5.28. The zero-order chi connectivity index (χ0) is 21.5. The van der Waals surface area contributed by atoms with Crippen molar-refractivity contribution in [1.29, 1.82) is 0 Å². The molecule has 158 valence electrons. The van der Waals surface area contributed by atoms with Gasteiger partial charge in [0.15, 0.2) is 0 Å². The Bertz CT molecular complexity index is 898. The van der Waals surface area contributed by atoms with E-state index in [2.05, 4.69) is 22.5 Å². The van der Waals surface area contributed by atoms with E-state index in [4.69, 9.17) is 0 Å². The van der Waals surface area contributed by atoms with Crippen LogP contribution in [0.1, 0.15) is 49.5 Å². The summed E-state index contributed by atoms with van der Waals surface area (Å²) < 4.78 is 0. The Hall–Kier alpha value is -3.08. The number of rotatable bonds is 6. The molecule has 0 saturated carbocycles. The van der Waals surface area contributed by atoms with Gasteiger partial charge >= 0.3 is 0 Å². The van der Waals surface area contributed by atoms with Gasteiger partial charge in [0.05, 0.1) is 5.56 Å². The first kappa shape index (κ1) is 21.6. The molecule has 2 aromatic rings. The first-order valence-electron chi connectivity index (χ1n) is 10.7. The molecular formula is C25H31N3O2. The van der Waals surface area contributed by atoms with E-state index in [1.54, 1.807) is 12.1 Å². The van der Waals surface area contributed by atoms with E-state index >= 15 is 0 Å². The Kier molecular flexibility index (Phi) is 7.28. The van der Waals surface area contributed by atoms with E-state index in [0.29, 0.717) is 17.2 Å². The Morgan fingerprint density at radius 2 is 1.77 bits per heavy atom. The van der Waals surface area contributed by atoms with Crippen molar-refractivity contribution in [1.82, 2.24) is 5.32 Å². The van der Waals surface area contributed by atoms with Gasteiger partial charge in [0, 0.05) is 36.6 Å². The molecule has 0 atom stereocenters. The second kappa shape index (κ2) is 10.1. The summed E-state index contributed by atoms with van der Waals surface area (Å²) in [6.07, 6.45) is 5.51. The van der Waals surface area contributed by atoms with Crippen molar-refractivity contribution in [3.8, 4) is 0 Å². The van der Waals surface area contributed by atoms with Gasteiger partial charge in [-0.1, -0.05) is 37.3 Å². The Morgan fingerprint density at radius 3 is 2.43 bits per heavy atom. The minimum absolute atomic E-state index is 0.0405. The van der Waals surface area contributed by atoms with Crippen molar-refractivity contribution in [3.63, 3.8) is 0 Å². The molecule has 2 amide bonds. The minimum atomic E-state index is -0.228. The summed E-state index contributed by atoms with van der Waals surface area (Å²) in [6, 6.07) is 15.3. The number of hydrogen-bond acceptors (Lipinski definition) is 3. The molecule has 5 heteroatoms. The smallest absolute Gasteiger partial charge is 0.253 e. The number of amides is 2. The molecule has 1 saturated heterocycles. The van der Waals surface area contributed by atoms with Crippen molar-refractivity contribution in [2.45, 2.75) is 39.7 Å². The van der Waals surface area contributed by atoms with Crippen molar-refractivity contribution < 1.29 is 9.59 Å². The van der Waals surface area contributed by atoms with Gasteiger partial charge in [0.2, 0.25) is 5.91 Å². The molecule has 2 N–H and O–H groups in total. The molecule has 1 heterocycles. The molecule has 3 rings (SSSR count).